The van der Waals surface area contributed by atoms with Gasteiger partial charge in [0, 0.05) is 24.0 Å². The predicted octanol–water partition coefficient (Wildman–Crippen LogP) is 2.78. The monoisotopic (exact) mass is 294 g/mol. The van der Waals surface area contributed by atoms with Gasteiger partial charge in [-0.3, -0.25) is 0 Å². The van der Waals surface area contributed by atoms with E-state index in [0.29, 0.717) is 28.0 Å². The lowest BCUT2D eigenvalue weighted by Crippen LogP contribution is -2.08. The highest BCUT2D eigenvalue weighted by molar-refractivity contribution is 6.32. The molecule has 0 unspecified atom stereocenters. The van der Waals surface area contributed by atoms with Gasteiger partial charge in [0.1, 0.15) is 17.3 Å². The number of hydrogen-bond donors (Lipinski definition) is 3. The molecule has 0 fully saturated rings. The van der Waals surface area contributed by atoms with Crippen LogP contribution in [0.1, 0.15) is 0 Å². The molecule has 20 heavy (non-hydrogen) atoms. The molecule has 0 bridgehead atoms. The smallest absolute Gasteiger partial charge is 0.146 e. The van der Waals surface area contributed by atoms with Gasteiger partial charge in [-0.2, -0.15) is 0 Å². The average molecular weight is 295 g/mol. The fourth-order valence-corrected chi connectivity index (χ4v) is 1.94. The summed E-state index contributed by atoms with van der Waals surface area (Å²) in [6.07, 6.45) is 1.63. The Bertz CT molecular complexity index is 607. The third-order valence-electron chi connectivity index (χ3n) is 2.66. The van der Waals surface area contributed by atoms with Gasteiger partial charge >= 0.3 is 0 Å². The molecule has 0 aliphatic carbocycles. The van der Waals surface area contributed by atoms with Crippen molar-refractivity contribution in [2.24, 2.45) is 5.84 Å². The van der Waals surface area contributed by atoms with Gasteiger partial charge in [0.15, 0.2) is 0 Å². The van der Waals surface area contributed by atoms with E-state index < -0.39 is 0 Å². The van der Waals surface area contributed by atoms with E-state index in [-0.39, 0.29) is 0 Å². The van der Waals surface area contributed by atoms with Crippen molar-refractivity contribution in [2.75, 3.05) is 25.0 Å². The van der Waals surface area contributed by atoms with Crippen molar-refractivity contribution in [1.82, 2.24) is 4.98 Å². The molecule has 2 rings (SSSR count). The van der Waals surface area contributed by atoms with E-state index in [0.717, 1.165) is 5.69 Å². The maximum absolute atomic E-state index is 6.12. The molecule has 4 N–H and O–H groups in total. The highest BCUT2D eigenvalue weighted by atomic mass is 35.5. The molecule has 0 aliphatic rings. The minimum absolute atomic E-state index is 0.488. The van der Waals surface area contributed by atoms with Gasteiger partial charge < -0.3 is 20.2 Å². The number of hydrazine groups is 1. The fraction of sp³-hybridized carbons (Fsp3) is 0.154. The molecular weight excluding hydrogens is 280 g/mol. The van der Waals surface area contributed by atoms with Gasteiger partial charge in [-0.05, 0) is 12.1 Å². The molecule has 1 heterocycles. The summed E-state index contributed by atoms with van der Waals surface area (Å²) in [5, 5.41) is 3.68. The highest BCUT2D eigenvalue weighted by Gasteiger charge is 2.10. The number of benzene rings is 1. The van der Waals surface area contributed by atoms with E-state index >= 15 is 0 Å². The van der Waals surface area contributed by atoms with Crippen molar-refractivity contribution in [3.63, 3.8) is 0 Å². The quantitative estimate of drug-likeness (QED) is 0.581. The van der Waals surface area contributed by atoms with Crippen LogP contribution in [0.5, 0.6) is 11.5 Å². The Balaban J connectivity index is 2.34. The molecule has 2 aromatic rings. The Labute approximate surface area is 121 Å². The maximum atomic E-state index is 6.12. The van der Waals surface area contributed by atoms with Crippen LogP contribution in [0.4, 0.5) is 17.2 Å². The van der Waals surface area contributed by atoms with Gasteiger partial charge in [0.2, 0.25) is 0 Å². The van der Waals surface area contributed by atoms with Crippen molar-refractivity contribution in [2.45, 2.75) is 0 Å². The lowest BCUT2D eigenvalue weighted by molar-refractivity contribution is 0.396. The number of rotatable bonds is 5. The van der Waals surface area contributed by atoms with E-state index in [1.807, 2.05) is 0 Å². The molecule has 0 saturated heterocycles. The number of aromatic nitrogens is 1. The summed E-state index contributed by atoms with van der Waals surface area (Å²) < 4.78 is 10.5. The molecule has 0 spiro atoms. The normalized spacial score (nSPS) is 10.0. The molecule has 0 aliphatic heterocycles. The SMILES string of the molecule is COc1cc(OC)c(Nc2ccnc(NN)c2)cc1Cl. The van der Waals surface area contributed by atoms with Crippen LogP contribution in [0.15, 0.2) is 30.5 Å². The zero-order valence-electron chi connectivity index (χ0n) is 11.1. The van der Waals surface area contributed by atoms with Gasteiger partial charge in [-0.25, -0.2) is 10.8 Å². The number of nitrogen functional groups attached to an aromatic ring is 1. The minimum atomic E-state index is 0.488. The molecular formula is C13H15ClN4O2. The molecule has 7 heteroatoms. The van der Waals surface area contributed by atoms with Gasteiger partial charge in [0.05, 0.1) is 24.9 Å². The number of anilines is 3. The van der Waals surface area contributed by atoms with Crippen LogP contribution in [0.2, 0.25) is 5.02 Å². The second-order valence-electron chi connectivity index (χ2n) is 3.89. The molecule has 0 saturated carbocycles. The number of hydrogen-bond acceptors (Lipinski definition) is 6. The fourth-order valence-electron chi connectivity index (χ4n) is 1.70. The summed E-state index contributed by atoms with van der Waals surface area (Å²) in [6, 6.07) is 7.01. The van der Waals surface area contributed by atoms with Crippen molar-refractivity contribution in [3.8, 4) is 11.5 Å². The topological polar surface area (TPSA) is 81.4 Å². The van der Waals surface area contributed by atoms with E-state index in [2.05, 4.69) is 15.7 Å². The zero-order valence-corrected chi connectivity index (χ0v) is 11.9. The standard InChI is InChI=1S/C13H15ClN4O2/c1-19-11-7-12(20-2)10(6-9(11)14)17-8-3-4-16-13(5-8)18-15/h3-7H,15H2,1-2H3,(H2,16,17,18). The van der Waals surface area contributed by atoms with E-state index in [4.69, 9.17) is 26.9 Å². The van der Waals surface area contributed by atoms with Crippen molar-refractivity contribution < 1.29 is 9.47 Å². The van der Waals surface area contributed by atoms with Crippen molar-refractivity contribution in [3.05, 3.63) is 35.5 Å². The van der Waals surface area contributed by atoms with E-state index in [1.54, 1.807) is 44.7 Å². The number of nitrogens with one attached hydrogen (secondary N) is 2. The van der Waals surface area contributed by atoms with Crippen molar-refractivity contribution in [1.29, 1.82) is 0 Å². The van der Waals surface area contributed by atoms with Crippen molar-refractivity contribution >= 4 is 28.8 Å². The Morgan fingerprint density at radius 1 is 1.15 bits per heavy atom. The number of nitrogens with two attached hydrogens (primary N) is 1. The summed E-state index contributed by atoms with van der Waals surface area (Å²) in [5.41, 5.74) is 4.00. The Hall–Kier alpha value is -2.18. The minimum Gasteiger partial charge on any atom is -0.495 e. The molecule has 106 valence electrons. The molecule has 0 radical (unpaired) electrons. The number of methoxy groups -OCH3 is 2. The van der Waals surface area contributed by atoms with Crippen LogP contribution in [-0.2, 0) is 0 Å². The van der Waals surface area contributed by atoms with Crippen LogP contribution >= 0.6 is 11.6 Å². The second kappa shape index (κ2) is 6.31. The predicted molar refractivity (Wildman–Crippen MR) is 79.9 cm³/mol. The lowest BCUT2D eigenvalue weighted by atomic mass is 10.2. The summed E-state index contributed by atoms with van der Waals surface area (Å²) in [6.45, 7) is 0. The summed E-state index contributed by atoms with van der Waals surface area (Å²) >= 11 is 6.12. The zero-order chi connectivity index (χ0) is 14.5. The summed E-state index contributed by atoms with van der Waals surface area (Å²) in [4.78, 5) is 4.03. The first-order valence-electron chi connectivity index (χ1n) is 5.79. The number of nitrogens with zero attached hydrogens (tertiary/aromatic N) is 1. The maximum Gasteiger partial charge on any atom is 0.146 e. The van der Waals surface area contributed by atoms with Crippen LogP contribution in [0, 0.1) is 0 Å². The van der Waals surface area contributed by atoms with Gasteiger partial charge in [0.25, 0.3) is 0 Å². The summed E-state index contributed by atoms with van der Waals surface area (Å²) in [5.74, 6) is 7.04. The molecule has 1 aromatic carbocycles. The highest BCUT2D eigenvalue weighted by Crippen LogP contribution is 2.37. The van der Waals surface area contributed by atoms with E-state index in [9.17, 15) is 0 Å². The first-order valence-corrected chi connectivity index (χ1v) is 6.17. The summed E-state index contributed by atoms with van der Waals surface area (Å²) in [7, 11) is 3.13. The largest absolute Gasteiger partial charge is 0.495 e. The first kappa shape index (κ1) is 14.2. The first-order chi connectivity index (χ1) is 9.67. The van der Waals surface area contributed by atoms with Crippen LogP contribution < -0.4 is 26.1 Å². The number of ether oxygens (including phenoxy) is 2. The molecule has 6 nitrogen and oxygen atoms in total. The van der Waals surface area contributed by atoms with Crippen LogP contribution in [0.3, 0.4) is 0 Å². The Morgan fingerprint density at radius 3 is 2.55 bits per heavy atom. The van der Waals surface area contributed by atoms with Gasteiger partial charge in [-0.1, -0.05) is 11.6 Å². The van der Waals surface area contributed by atoms with E-state index in [1.165, 1.54) is 0 Å². The molecule has 0 atom stereocenters. The van der Waals surface area contributed by atoms with Gasteiger partial charge in [-0.15, -0.1) is 0 Å². The lowest BCUT2D eigenvalue weighted by Gasteiger charge is -2.14. The molecule has 1 aromatic heterocycles. The van der Waals surface area contributed by atoms with Crippen LogP contribution in [0.25, 0.3) is 0 Å². The number of pyridine rings is 1. The third-order valence-corrected chi connectivity index (χ3v) is 2.96. The van der Waals surface area contributed by atoms with Crippen LogP contribution in [-0.4, -0.2) is 19.2 Å². The second-order valence-corrected chi connectivity index (χ2v) is 4.29. The third kappa shape index (κ3) is 3.04. The average Bonchev–Trinajstić information content (AvgIpc) is 2.48. The number of halogens is 1. The Kier molecular flexibility index (Phi) is 4.49. The molecule has 0 amide bonds. The Morgan fingerprint density at radius 2 is 1.90 bits per heavy atom.